The van der Waals surface area contributed by atoms with Crippen LogP contribution in [0.4, 0.5) is 14.5 Å². The molecule has 0 saturated heterocycles. The van der Waals surface area contributed by atoms with E-state index < -0.39 is 23.1 Å². The number of halogens is 2. The number of anilines is 1. The van der Waals surface area contributed by atoms with Crippen LogP contribution in [0.3, 0.4) is 0 Å². The minimum absolute atomic E-state index is 0.260. The molecule has 0 aromatic heterocycles. The second kappa shape index (κ2) is 5.97. The summed E-state index contributed by atoms with van der Waals surface area (Å²) in [4.78, 5) is 12.0. The first kappa shape index (κ1) is 15.4. The Labute approximate surface area is 110 Å². The van der Waals surface area contributed by atoms with Gasteiger partial charge in [0.1, 0.15) is 11.6 Å². The van der Waals surface area contributed by atoms with E-state index in [-0.39, 0.29) is 17.9 Å². The van der Waals surface area contributed by atoms with Gasteiger partial charge in [-0.2, -0.15) is 0 Å². The van der Waals surface area contributed by atoms with Crippen molar-refractivity contribution in [2.24, 2.45) is 0 Å². The first-order valence-electron chi connectivity index (χ1n) is 6.07. The molecule has 4 N–H and O–H groups in total. The predicted molar refractivity (Wildman–Crippen MR) is 68.6 cm³/mol. The molecule has 106 valence electrons. The highest BCUT2D eigenvalue weighted by Gasteiger charge is 2.28. The summed E-state index contributed by atoms with van der Waals surface area (Å²) >= 11 is 0. The molecule has 4 nitrogen and oxygen atoms in total. The number of nitrogens with one attached hydrogen (secondary N) is 1. The Morgan fingerprint density at radius 3 is 2.37 bits per heavy atom. The lowest BCUT2D eigenvalue weighted by molar-refractivity contribution is 0.0814. The molecule has 1 amide bonds. The molecule has 0 radical (unpaired) electrons. The first-order valence-corrected chi connectivity index (χ1v) is 6.07. The molecular formula is C13H18F2N2O2. The average Bonchev–Trinajstić information content (AvgIpc) is 2.40. The van der Waals surface area contributed by atoms with Crippen LogP contribution in [0.5, 0.6) is 0 Å². The third-order valence-corrected chi connectivity index (χ3v) is 3.37. The average molecular weight is 272 g/mol. The lowest BCUT2D eigenvalue weighted by Crippen LogP contribution is -2.50. The molecule has 1 aromatic rings. The molecule has 0 atom stereocenters. The molecule has 6 heteroatoms. The molecule has 0 aliphatic carbocycles. The Bertz CT molecular complexity index is 466. The van der Waals surface area contributed by atoms with Crippen LogP contribution in [0.15, 0.2) is 12.1 Å². The Morgan fingerprint density at radius 1 is 1.32 bits per heavy atom. The van der Waals surface area contributed by atoms with Crippen molar-refractivity contribution in [2.75, 3.05) is 12.3 Å². The number of hydrogen-bond donors (Lipinski definition) is 3. The van der Waals surface area contributed by atoms with Crippen molar-refractivity contribution in [3.8, 4) is 0 Å². The number of aliphatic hydroxyl groups is 1. The number of benzene rings is 1. The molecular weight excluding hydrogens is 254 g/mol. The minimum Gasteiger partial charge on any atom is -0.396 e. The summed E-state index contributed by atoms with van der Waals surface area (Å²) in [6.07, 6.45) is 0.980. The molecule has 0 saturated carbocycles. The van der Waals surface area contributed by atoms with Gasteiger partial charge in [0.05, 0.1) is 23.4 Å². The number of aliphatic hydroxyl groups excluding tert-OH is 1. The topological polar surface area (TPSA) is 75.3 Å². The van der Waals surface area contributed by atoms with Crippen molar-refractivity contribution >= 4 is 11.6 Å². The van der Waals surface area contributed by atoms with Gasteiger partial charge < -0.3 is 16.2 Å². The maximum atomic E-state index is 13.5. The van der Waals surface area contributed by atoms with Crippen molar-refractivity contribution in [3.05, 3.63) is 29.3 Å². The predicted octanol–water partition coefficient (Wildman–Crippen LogP) is 1.83. The molecule has 0 bridgehead atoms. The van der Waals surface area contributed by atoms with Crippen LogP contribution in [0.25, 0.3) is 0 Å². The van der Waals surface area contributed by atoms with Gasteiger partial charge in [0.2, 0.25) is 0 Å². The van der Waals surface area contributed by atoms with E-state index in [1.807, 2.05) is 0 Å². The van der Waals surface area contributed by atoms with Crippen LogP contribution in [0, 0.1) is 11.6 Å². The van der Waals surface area contributed by atoms with Crippen molar-refractivity contribution in [2.45, 2.75) is 32.2 Å². The fourth-order valence-electron chi connectivity index (χ4n) is 1.74. The van der Waals surface area contributed by atoms with Crippen molar-refractivity contribution in [1.29, 1.82) is 0 Å². The SMILES string of the molecule is CCC(CC)(CO)NC(=O)c1cc(N)c(F)cc1F. The van der Waals surface area contributed by atoms with Gasteiger partial charge in [-0.1, -0.05) is 13.8 Å². The number of hydrogen-bond acceptors (Lipinski definition) is 3. The fourth-order valence-corrected chi connectivity index (χ4v) is 1.74. The Morgan fingerprint density at radius 2 is 1.89 bits per heavy atom. The number of carbonyl (C=O) groups is 1. The quantitative estimate of drug-likeness (QED) is 0.716. The highest BCUT2D eigenvalue weighted by Crippen LogP contribution is 2.19. The molecule has 19 heavy (non-hydrogen) atoms. The summed E-state index contributed by atoms with van der Waals surface area (Å²) in [6, 6.07) is 1.52. The van der Waals surface area contributed by atoms with E-state index in [9.17, 15) is 18.7 Å². The van der Waals surface area contributed by atoms with Gasteiger partial charge in [0, 0.05) is 6.07 Å². The standard InChI is InChI=1S/C13H18F2N2O2/c1-3-13(4-2,7-18)17-12(19)8-5-11(16)10(15)6-9(8)14/h5-6,18H,3-4,7,16H2,1-2H3,(H,17,19). The van der Waals surface area contributed by atoms with Gasteiger partial charge >= 0.3 is 0 Å². The monoisotopic (exact) mass is 272 g/mol. The largest absolute Gasteiger partial charge is 0.396 e. The van der Waals surface area contributed by atoms with Crippen LogP contribution in [-0.4, -0.2) is 23.2 Å². The molecule has 0 heterocycles. The number of nitrogen functional groups attached to an aromatic ring is 1. The third kappa shape index (κ3) is 3.20. The second-order valence-corrected chi connectivity index (χ2v) is 4.45. The molecule has 0 unspecified atom stereocenters. The van der Waals surface area contributed by atoms with Crippen molar-refractivity contribution < 1.29 is 18.7 Å². The van der Waals surface area contributed by atoms with Gasteiger partial charge in [0.15, 0.2) is 0 Å². The Balaban J connectivity index is 3.04. The lowest BCUT2D eigenvalue weighted by atomic mass is 9.93. The van der Waals surface area contributed by atoms with Gasteiger partial charge in [-0.05, 0) is 18.9 Å². The van der Waals surface area contributed by atoms with E-state index in [2.05, 4.69) is 5.32 Å². The molecule has 0 spiro atoms. The highest BCUT2D eigenvalue weighted by molar-refractivity contribution is 5.95. The van der Waals surface area contributed by atoms with Gasteiger partial charge in [-0.15, -0.1) is 0 Å². The normalized spacial score (nSPS) is 11.4. The summed E-state index contributed by atoms with van der Waals surface area (Å²) < 4.78 is 26.6. The first-order chi connectivity index (χ1) is 8.89. The minimum atomic E-state index is -0.983. The second-order valence-electron chi connectivity index (χ2n) is 4.45. The van der Waals surface area contributed by atoms with Gasteiger partial charge in [-0.25, -0.2) is 8.78 Å². The summed E-state index contributed by atoms with van der Waals surface area (Å²) in [6.45, 7) is 3.34. The molecule has 0 fully saturated rings. The zero-order valence-corrected chi connectivity index (χ0v) is 11.0. The van der Waals surface area contributed by atoms with E-state index in [1.54, 1.807) is 13.8 Å². The maximum Gasteiger partial charge on any atom is 0.254 e. The number of nitrogens with two attached hydrogens (primary N) is 1. The number of rotatable bonds is 5. The van der Waals surface area contributed by atoms with Gasteiger partial charge in [-0.3, -0.25) is 4.79 Å². The van der Waals surface area contributed by atoms with Crippen molar-refractivity contribution in [1.82, 2.24) is 5.32 Å². The summed E-state index contributed by atoms with van der Waals surface area (Å²) in [7, 11) is 0. The summed E-state index contributed by atoms with van der Waals surface area (Å²) in [5.74, 6) is -2.61. The van der Waals surface area contributed by atoms with E-state index in [1.165, 1.54) is 0 Å². The third-order valence-electron chi connectivity index (χ3n) is 3.37. The molecule has 1 rings (SSSR count). The van der Waals surface area contributed by atoms with Crippen LogP contribution in [0.2, 0.25) is 0 Å². The maximum absolute atomic E-state index is 13.5. The van der Waals surface area contributed by atoms with Gasteiger partial charge in [0.25, 0.3) is 5.91 Å². The Hall–Kier alpha value is -1.69. The lowest BCUT2D eigenvalue weighted by Gasteiger charge is -2.30. The Kier molecular flexibility index (Phi) is 4.83. The van der Waals surface area contributed by atoms with Crippen LogP contribution >= 0.6 is 0 Å². The zero-order valence-electron chi connectivity index (χ0n) is 11.0. The van der Waals surface area contributed by atoms with Crippen molar-refractivity contribution in [3.63, 3.8) is 0 Å². The van der Waals surface area contributed by atoms with Crippen LogP contribution < -0.4 is 11.1 Å². The van der Waals surface area contributed by atoms with Crippen LogP contribution in [-0.2, 0) is 0 Å². The molecule has 1 aromatic carbocycles. The smallest absolute Gasteiger partial charge is 0.254 e. The van der Waals surface area contributed by atoms with E-state index in [0.29, 0.717) is 18.9 Å². The highest BCUT2D eigenvalue weighted by atomic mass is 19.1. The fraction of sp³-hybridized carbons (Fsp3) is 0.462. The van der Waals surface area contributed by atoms with E-state index in [4.69, 9.17) is 5.73 Å². The summed E-state index contributed by atoms with van der Waals surface area (Å²) in [5.41, 5.74) is 3.87. The van der Waals surface area contributed by atoms with E-state index in [0.717, 1.165) is 6.07 Å². The molecule has 0 aliphatic rings. The van der Waals surface area contributed by atoms with E-state index >= 15 is 0 Å². The van der Waals surface area contributed by atoms with Crippen LogP contribution in [0.1, 0.15) is 37.0 Å². The zero-order chi connectivity index (χ0) is 14.6. The number of amides is 1. The number of carbonyl (C=O) groups excluding carboxylic acids is 1. The molecule has 0 aliphatic heterocycles. The summed E-state index contributed by atoms with van der Waals surface area (Å²) in [5, 5.41) is 11.9.